The van der Waals surface area contributed by atoms with Crippen molar-refractivity contribution in [2.45, 2.75) is 33.2 Å². The third-order valence-electron chi connectivity index (χ3n) is 5.09. The van der Waals surface area contributed by atoms with E-state index in [4.69, 9.17) is 16.3 Å². The van der Waals surface area contributed by atoms with Crippen molar-refractivity contribution >= 4 is 17.5 Å². The number of amides is 1. The first-order valence-electron chi connectivity index (χ1n) is 9.96. The molecule has 0 aromatic heterocycles. The van der Waals surface area contributed by atoms with Gasteiger partial charge in [-0.05, 0) is 68.1 Å². The Bertz CT molecular complexity index is 789. The van der Waals surface area contributed by atoms with Crippen LogP contribution in [0.2, 0.25) is 5.02 Å². The van der Waals surface area contributed by atoms with E-state index >= 15 is 0 Å². The summed E-state index contributed by atoms with van der Waals surface area (Å²) in [5.74, 6) is 1.00. The first-order chi connectivity index (χ1) is 13.5. The third kappa shape index (κ3) is 5.98. The SMILES string of the molecule is Cc1cc(C)cc(OCCNC(=O)[C@H]2CCCN(Cc3ccccc3Cl)C2)c1. The summed E-state index contributed by atoms with van der Waals surface area (Å²) in [6.07, 6.45) is 1.96. The Labute approximate surface area is 172 Å². The van der Waals surface area contributed by atoms with E-state index in [9.17, 15) is 4.79 Å². The second kappa shape index (κ2) is 9.94. The molecule has 1 saturated heterocycles. The summed E-state index contributed by atoms with van der Waals surface area (Å²) in [7, 11) is 0. The lowest BCUT2D eigenvalue weighted by atomic mass is 9.96. The Morgan fingerprint density at radius 3 is 2.71 bits per heavy atom. The lowest BCUT2D eigenvalue weighted by Crippen LogP contribution is -2.43. The Morgan fingerprint density at radius 1 is 1.21 bits per heavy atom. The molecule has 28 heavy (non-hydrogen) atoms. The molecule has 0 spiro atoms. The van der Waals surface area contributed by atoms with Crippen LogP contribution in [-0.2, 0) is 11.3 Å². The number of piperidine rings is 1. The lowest BCUT2D eigenvalue weighted by Gasteiger charge is -2.32. The first-order valence-corrected chi connectivity index (χ1v) is 10.3. The van der Waals surface area contributed by atoms with Crippen molar-refractivity contribution < 1.29 is 9.53 Å². The van der Waals surface area contributed by atoms with Crippen LogP contribution in [0.25, 0.3) is 0 Å². The molecule has 0 unspecified atom stereocenters. The summed E-state index contributed by atoms with van der Waals surface area (Å²) in [6.45, 7) is 7.68. The molecular weight excluding hydrogens is 372 g/mol. The van der Waals surface area contributed by atoms with Crippen LogP contribution in [0.1, 0.15) is 29.5 Å². The Morgan fingerprint density at radius 2 is 1.96 bits per heavy atom. The van der Waals surface area contributed by atoms with E-state index in [0.29, 0.717) is 13.2 Å². The van der Waals surface area contributed by atoms with Crippen LogP contribution in [0.4, 0.5) is 0 Å². The average Bonchev–Trinajstić information content (AvgIpc) is 2.66. The van der Waals surface area contributed by atoms with Crippen molar-refractivity contribution in [1.82, 2.24) is 10.2 Å². The minimum absolute atomic E-state index is 0.0254. The van der Waals surface area contributed by atoms with Crippen LogP contribution in [0.5, 0.6) is 5.75 Å². The van der Waals surface area contributed by atoms with Crippen molar-refractivity contribution in [2.75, 3.05) is 26.2 Å². The molecule has 0 saturated carbocycles. The molecule has 4 nitrogen and oxygen atoms in total. The molecule has 5 heteroatoms. The van der Waals surface area contributed by atoms with E-state index in [0.717, 1.165) is 48.8 Å². The zero-order chi connectivity index (χ0) is 19.9. The van der Waals surface area contributed by atoms with Gasteiger partial charge in [0.1, 0.15) is 12.4 Å². The van der Waals surface area contributed by atoms with Crippen molar-refractivity contribution in [3.8, 4) is 5.75 Å². The molecule has 1 aliphatic rings. The van der Waals surface area contributed by atoms with E-state index in [-0.39, 0.29) is 11.8 Å². The predicted molar refractivity (Wildman–Crippen MR) is 114 cm³/mol. The maximum atomic E-state index is 12.6. The summed E-state index contributed by atoms with van der Waals surface area (Å²) in [5.41, 5.74) is 3.48. The third-order valence-corrected chi connectivity index (χ3v) is 5.46. The van der Waals surface area contributed by atoms with Gasteiger partial charge in [0.05, 0.1) is 12.5 Å². The number of carbonyl (C=O) groups excluding carboxylic acids is 1. The maximum absolute atomic E-state index is 12.6. The molecule has 1 fully saturated rings. The highest BCUT2D eigenvalue weighted by Gasteiger charge is 2.25. The van der Waals surface area contributed by atoms with Gasteiger partial charge in [-0.2, -0.15) is 0 Å². The number of rotatable bonds is 7. The summed E-state index contributed by atoms with van der Waals surface area (Å²) in [4.78, 5) is 14.9. The normalized spacial score (nSPS) is 17.3. The molecule has 1 atom stereocenters. The molecular formula is C23H29ClN2O2. The summed E-state index contributed by atoms with van der Waals surface area (Å²) in [5, 5.41) is 3.82. The zero-order valence-electron chi connectivity index (χ0n) is 16.7. The van der Waals surface area contributed by atoms with Gasteiger partial charge in [-0.15, -0.1) is 0 Å². The fraction of sp³-hybridized carbons (Fsp3) is 0.435. The average molecular weight is 401 g/mol. The second-order valence-corrected chi connectivity index (χ2v) is 8.04. The monoisotopic (exact) mass is 400 g/mol. The molecule has 150 valence electrons. The number of hydrogen-bond donors (Lipinski definition) is 1. The number of ether oxygens (including phenoxy) is 1. The number of nitrogens with zero attached hydrogens (tertiary/aromatic N) is 1. The minimum Gasteiger partial charge on any atom is -0.492 e. The minimum atomic E-state index is 0.0254. The highest BCUT2D eigenvalue weighted by atomic mass is 35.5. The van der Waals surface area contributed by atoms with Crippen LogP contribution in [0.3, 0.4) is 0 Å². The predicted octanol–water partition coefficient (Wildman–Crippen LogP) is 4.36. The van der Waals surface area contributed by atoms with Crippen LogP contribution < -0.4 is 10.1 Å². The molecule has 1 aliphatic heterocycles. The summed E-state index contributed by atoms with van der Waals surface area (Å²) in [6, 6.07) is 14.1. The van der Waals surface area contributed by atoms with Gasteiger partial charge in [0, 0.05) is 18.1 Å². The first kappa shape index (κ1) is 20.7. The van der Waals surface area contributed by atoms with Gasteiger partial charge in [0.2, 0.25) is 5.91 Å². The van der Waals surface area contributed by atoms with Gasteiger partial charge in [-0.3, -0.25) is 9.69 Å². The van der Waals surface area contributed by atoms with Gasteiger partial charge in [-0.25, -0.2) is 0 Å². The summed E-state index contributed by atoms with van der Waals surface area (Å²) >= 11 is 6.28. The summed E-state index contributed by atoms with van der Waals surface area (Å²) < 4.78 is 5.78. The van der Waals surface area contributed by atoms with Crippen LogP contribution in [0.15, 0.2) is 42.5 Å². The Balaban J connectivity index is 1.43. The molecule has 1 N–H and O–H groups in total. The Hall–Kier alpha value is -2.04. The van der Waals surface area contributed by atoms with Gasteiger partial charge < -0.3 is 10.1 Å². The number of likely N-dealkylation sites (tertiary alicyclic amines) is 1. The fourth-order valence-corrected chi connectivity index (χ4v) is 3.98. The highest BCUT2D eigenvalue weighted by molar-refractivity contribution is 6.31. The highest BCUT2D eigenvalue weighted by Crippen LogP contribution is 2.22. The molecule has 2 aromatic carbocycles. The zero-order valence-corrected chi connectivity index (χ0v) is 17.5. The van der Waals surface area contributed by atoms with Crippen LogP contribution in [0, 0.1) is 19.8 Å². The molecule has 0 bridgehead atoms. The molecule has 1 heterocycles. The van der Waals surface area contributed by atoms with Gasteiger partial charge in [-0.1, -0.05) is 35.9 Å². The van der Waals surface area contributed by atoms with Crippen molar-refractivity contribution in [3.05, 3.63) is 64.2 Å². The number of nitrogens with one attached hydrogen (secondary N) is 1. The van der Waals surface area contributed by atoms with Crippen LogP contribution >= 0.6 is 11.6 Å². The number of benzene rings is 2. The van der Waals surface area contributed by atoms with E-state index in [2.05, 4.69) is 36.2 Å². The lowest BCUT2D eigenvalue weighted by molar-refractivity contribution is -0.126. The van der Waals surface area contributed by atoms with E-state index < -0.39 is 0 Å². The number of aryl methyl sites for hydroxylation is 2. The molecule has 0 radical (unpaired) electrons. The smallest absolute Gasteiger partial charge is 0.224 e. The van der Waals surface area contributed by atoms with Crippen molar-refractivity contribution in [1.29, 1.82) is 0 Å². The van der Waals surface area contributed by atoms with Crippen molar-refractivity contribution in [3.63, 3.8) is 0 Å². The van der Waals surface area contributed by atoms with Crippen molar-refractivity contribution in [2.24, 2.45) is 5.92 Å². The number of halogens is 1. The molecule has 0 aliphatic carbocycles. The van der Waals surface area contributed by atoms with Crippen LogP contribution in [-0.4, -0.2) is 37.0 Å². The molecule has 3 rings (SSSR count). The van der Waals surface area contributed by atoms with Gasteiger partial charge in [0.15, 0.2) is 0 Å². The fourth-order valence-electron chi connectivity index (χ4n) is 3.78. The van der Waals surface area contributed by atoms with E-state index in [1.807, 2.05) is 30.3 Å². The maximum Gasteiger partial charge on any atom is 0.224 e. The van der Waals surface area contributed by atoms with E-state index in [1.165, 1.54) is 11.1 Å². The number of hydrogen-bond acceptors (Lipinski definition) is 3. The van der Waals surface area contributed by atoms with Gasteiger partial charge >= 0.3 is 0 Å². The Kier molecular flexibility index (Phi) is 7.35. The van der Waals surface area contributed by atoms with Gasteiger partial charge in [0.25, 0.3) is 0 Å². The van der Waals surface area contributed by atoms with E-state index in [1.54, 1.807) is 0 Å². The second-order valence-electron chi connectivity index (χ2n) is 7.63. The quantitative estimate of drug-likeness (QED) is 0.702. The largest absolute Gasteiger partial charge is 0.492 e. The number of carbonyl (C=O) groups is 1. The standard InChI is InChI=1S/C23H29ClN2O2/c1-17-12-18(2)14-21(13-17)28-11-9-25-23(27)20-7-5-10-26(16-20)15-19-6-3-4-8-22(19)24/h3-4,6,8,12-14,20H,5,7,9-11,15-16H2,1-2H3,(H,25,27)/t20-/m0/s1. The topological polar surface area (TPSA) is 41.6 Å². The molecule has 1 amide bonds. The molecule has 2 aromatic rings.